The summed E-state index contributed by atoms with van der Waals surface area (Å²) in [6.45, 7) is 4.79. The standard InChI is InChI=1S/C42H35NOS/c1-42(2)33-20-10-11-21-34(33)43(36-22-12-18-31-32-19-13-23-37(45(3,4)5)41(32)44-40(31)36)35-25-24-30-28-16-7-6-14-26(28)27-15-8-9-17-29(27)38(30)39(35)42/h6-25H,1-5H3. The molecule has 2 nitrogen and oxygen atoms in total. The quantitative estimate of drug-likeness (QED) is 0.183. The molecule has 0 saturated carbocycles. The minimum absolute atomic E-state index is 0.238. The van der Waals surface area contributed by atoms with Crippen molar-refractivity contribution in [3.63, 3.8) is 0 Å². The highest BCUT2D eigenvalue weighted by molar-refractivity contribution is 8.32. The van der Waals surface area contributed by atoms with Crippen LogP contribution in [0, 0.1) is 0 Å². The number of nitrogens with zero attached hydrogens (tertiary/aromatic N) is 1. The van der Waals surface area contributed by atoms with Crippen molar-refractivity contribution in [3.8, 4) is 0 Å². The first-order valence-corrected chi connectivity index (χ1v) is 18.5. The van der Waals surface area contributed by atoms with Crippen molar-refractivity contribution in [1.29, 1.82) is 0 Å². The number of fused-ring (bicyclic) bond motifs is 12. The van der Waals surface area contributed by atoms with Crippen LogP contribution in [0.2, 0.25) is 0 Å². The van der Waals surface area contributed by atoms with Gasteiger partial charge in [0.1, 0.15) is 5.58 Å². The monoisotopic (exact) mass is 601 g/mol. The number of hydrogen-bond acceptors (Lipinski definition) is 2. The molecule has 45 heavy (non-hydrogen) atoms. The van der Waals surface area contributed by atoms with E-state index in [1.807, 2.05) is 0 Å². The number of anilines is 3. The second-order valence-electron chi connectivity index (χ2n) is 13.7. The van der Waals surface area contributed by atoms with E-state index in [0.717, 1.165) is 22.2 Å². The first kappa shape index (κ1) is 26.7. The zero-order valence-electron chi connectivity index (χ0n) is 26.3. The molecule has 0 amide bonds. The van der Waals surface area contributed by atoms with Crippen LogP contribution in [0.4, 0.5) is 17.1 Å². The Hall–Kier alpha value is -4.73. The van der Waals surface area contributed by atoms with Crippen molar-refractivity contribution >= 4 is 81.3 Å². The molecule has 0 spiro atoms. The van der Waals surface area contributed by atoms with Gasteiger partial charge < -0.3 is 9.32 Å². The highest BCUT2D eigenvalue weighted by Gasteiger charge is 2.39. The maximum atomic E-state index is 6.97. The fourth-order valence-corrected chi connectivity index (χ4v) is 9.16. The zero-order valence-corrected chi connectivity index (χ0v) is 27.1. The van der Waals surface area contributed by atoms with Gasteiger partial charge in [-0.3, -0.25) is 0 Å². The Morgan fingerprint density at radius 2 is 1.02 bits per heavy atom. The lowest BCUT2D eigenvalue weighted by atomic mass is 9.71. The van der Waals surface area contributed by atoms with E-state index >= 15 is 0 Å². The SMILES string of the molecule is CC1(C)c2ccccc2N(c2cccc3c2oc2c(S(C)(C)C)cccc23)c2ccc3c4ccccc4c4ccccc4c3c21. The summed E-state index contributed by atoms with van der Waals surface area (Å²) >= 11 is 0. The van der Waals surface area contributed by atoms with Crippen molar-refractivity contribution in [2.24, 2.45) is 0 Å². The van der Waals surface area contributed by atoms with Crippen LogP contribution in [0.25, 0.3) is 54.3 Å². The maximum absolute atomic E-state index is 6.97. The van der Waals surface area contributed by atoms with Crippen LogP contribution in [0.1, 0.15) is 25.0 Å². The molecule has 0 radical (unpaired) electrons. The Balaban J connectivity index is 1.44. The second-order valence-corrected chi connectivity index (χ2v) is 17.8. The Morgan fingerprint density at radius 1 is 0.489 bits per heavy atom. The first-order valence-electron chi connectivity index (χ1n) is 15.6. The number of hydrogen-bond donors (Lipinski definition) is 0. The lowest BCUT2D eigenvalue weighted by molar-refractivity contribution is 0.636. The van der Waals surface area contributed by atoms with Gasteiger partial charge >= 0.3 is 0 Å². The van der Waals surface area contributed by atoms with Gasteiger partial charge in [0.15, 0.2) is 5.58 Å². The van der Waals surface area contributed by atoms with Crippen molar-refractivity contribution in [3.05, 3.63) is 132 Å². The number of rotatable bonds is 2. The van der Waals surface area contributed by atoms with Crippen LogP contribution in [-0.2, 0) is 5.41 Å². The molecule has 0 N–H and O–H groups in total. The lowest BCUT2D eigenvalue weighted by Gasteiger charge is -2.43. The Kier molecular flexibility index (Phi) is 5.42. The molecule has 0 atom stereocenters. The Morgan fingerprint density at radius 3 is 1.73 bits per heavy atom. The van der Waals surface area contributed by atoms with E-state index in [4.69, 9.17) is 4.42 Å². The normalized spacial score (nSPS) is 14.8. The summed E-state index contributed by atoms with van der Waals surface area (Å²) in [7, 11) is -0.998. The molecule has 0 unspecified atom stereocenters. The molecule has 3 heteroatoms. The van der Waals surface area contributed by atoms with Gasteiger partial charge in [-0.05, 0) is 86.5 Å². The molecule has 0 bridgehead atoms. The van der Waals surface area contributed by atoms with E-state index in [-0.39, 0.29) is 5.41 Å². The first-order chi connectivity index (χ1) is 21.7. The van der Waals surface area contributed by atoms with E-state index in [9.17, 15) is 0 Å². The highest BCUT2D eigenvalue weighted by Crippen LogP contribution is 2.57. The van der Waals surface area contributed by atoms with Crippen LogP contribution in [-0.4, -0.2) is 18.8 Å². The van der Waals surface area contributed by atoms with Gasteiger partial charge in [-0.1, -0.05) is 111 Å². The number of benzene rings is 7. The third-order valence-electron chi connectivity index (χ3n) is 9.94. The molecular formula is C42H35NOS. The molecule has 1 aromatic heterocycles. The summed E-state index contributed by atoms with van der Waals surface area (Å²) in [6.07, 6.45) is 7.02. The molecule has 220 valence electrons. The maximum Gasteiger partial charge on any atom is 0.159 e. The van der Waals surface area contributed by atoms with Gasteiger partial charge in [-0.25, -0.2) is 10.0 Å². The largest absolute Gasteiger partial charge is 0.453 e. The van der Waals surface area contributed by atoms with Crippen molar-refractivity contribution in [1.82, 2.24) is 0 Å². The summed E-state index contributed by atoms with van der Waals surface area (Å²) < 4.78 is 6.97. The van der Waals surface area contributed by atoms with Crippen molar-refractivity contribution in [2.75, 3.05) is 23.7 Å². The molecule has 1 aliphatic heterocycles. The van der Waals surface area contributed by atoms with Gasteiger partial charge in [0.05, 0.1) is 17.1 Å². The summed E-state index contributed by atoms with van der Waals surface area (Å²) in [6, 6.07) is 44.7. The smallest absolute Gasteiger partial charge is 0.159 e. The molecule has 0 aliphatic carbocycles. The fraction of sp³-hybridized carbons (Fsp3) is 0.143. The third kappa shape index (κ3) is 3.59. The van der Waals surface area contributed by atoms with Crippen LogP contribution in [0.3, 0.4) is 0 Å². The molecule has 1 aliphatic rings. The van der Waals surface area contributed by atoms with Crippen LogP contribution in [0.5, 0.6) is 0 Å². The highest BCUT2D eigenvalue weighted by atomic mass is 32.3. The molecular weight excluding hydrogens is 567 g/mol. The van der Waals surface area contributed by atoms with Crippen LogP contribution >= 0.6 is 10.0 Å². The van der Waals surface area contributed by atoms with Gasteiger partial charge in [0.25, 0.3) is 0 Å². The second kappa shape index (κ2) is 9.15. The lowest BCUT2D eigenvalue weighted by Crippen LogP contribution is -2.31. The minimum atomic E-state index is -0.998. The molecule has 9 rings (SSSR count). The minimum Gasteiger partial charge on any atom is -0.453 e. The van der Waals surface area contributed by atoms with Crippen molar-refractivity contribution < 1.29 is 4.42 Å². The molecule has 0 saturated heterocycles. The van der Waals surface area contributed by atoms with E-state index in [1.165, 1.54) is 65.1 Å². The van der Waals surface area contributed by atoms with Crippen LogP contribution in [0.15, 0.2) is 131 Å². The summed E-state index contributed by atoms with van der Waals surface area (Å²) in [5.74, 6) is 0. The molecule has 2 heterocycles. The average Bonchev–Trinajstić information content (AvgIpc) is 3.44. The van der Waals surface area contributed by atoms with E-state index < -0.39 is 10.0 Å². The summed E-state index contributed by atoms with van der Waals surface area (Å²) in [4.78, 5) is 3.78. The van der Waals surface area contributed by atoms with Crippen LogP contribution < -0.4 is 4.90 Å². The van der Waals surface area contributed by atoms with E-state index in [2.05, 4.69) is 159 Å². The predicted molar refractivity (Wildman–Crippen MR) is 197 cm³/mol. The van der Waals surface area contributed by atoms with E-state index in [1.54, 1.807) is 0 Å². The topological polar surface area (TPSA) is 16.4 Å². The number of para-hydroxylation sites is 3. The fourth-order valence-electron chi connectivity index (χ4n) is 7.96. The third-order valence-corrected chi connectivity index (χ3v) is 11.6. The molecule has 8 aromatic rings. The Bertz CT molecular complexity index is 2480. The average molecular weight is 602 g/mol. The predicted octanol–water partition coefficient (Wildman–Crippen LogP) is 12.2. The molecule has 0 fully saturated rings. The Labute approximate surface area is 265 Å². The zero-order chi connectivity index (χ0) is 30.7. The summed E-state index contributed by atoms with van der Waals surface area (Å²) in [5, 5.41) is 10.2. The van der Waals surface area contributed by atoms with Crippen molar-refractivity contribution in [2.45, 2.75) is 24.2 Å². The van der Waals surface area contributed by atoms with E-state index in [0.29, 0.717) is 0 Å². The van der Waals surface area contributed by atoms with Gasteiger partial charge in [0.2, 0.25) is 0 Å². The number of furan rings is 1. The van der Waals surface area contributed by atoms with Gasteiger partial charge in [0, 0.05) is 21.1 Å². The molecule has 7 aromatic carbocycles. The van der Waals surface area contributed by atoms with Gasteiger partial charge in [-0.15, -0.1) is 0 Å². The van der Waals surface area contributed by atoms with Gasteiger partial charge in [-0.2, -0.15) is 0 Å². The summed E-state index contributed by atoms with van der Waals surface area (Å²) in [5.41, 5.74) is 7.88.